The monoisotopic (exact) mass is 199 g/mol. The maximum Gasteiger partial charge on any atom is 0.441 e. The van der Waals surface area contributed by atoms with Gasteiger partial charge in [-0.25, -0.2) is 18.4 Å². The van der Waals surface area contributed by atoms with E-state index in [9.17, 15) is 18.4 Å². The zero-order valence-electron chi connectivity index (χ0n) is 6.66. The first kappa shape index (κ1) is 8.74. The molecule has 1 aliphatic carbocycles. The van der Waals surface area contributed by atoms with Crippen LogP contribution in [0.25, 0.3) is 0 Å². The van der Waals surface area contributed by atoms with Crippen molar-refractivity contribution < 1.29 is 23.1 Å². The molecule has 0 aromatic heterocycles. The summed E-state index contributed by atoms with van der Waals surface area (Å²) in [7, 11) is 0. The number of carbonyl (C=O) groups excluding carboxylic acids is 2. The van der Waals surface area contributed by atoms with Crippen molar-refractivity contribution in [3.63, 3.8) is 0 Å². The van der Waals surface area contributed by atoms with Crippen LogP contribution in [0.4, 0.5) is 13.6 Å². The molecule has 0 radical (unpaired) electrons. The minimum atomic E-state index is -1.88. The Morgan fingerprint density at radius 2 is 2.14 bits per heavy atom. The first-order valence-electron chi connectivity index (χ1n) is 3.66. The first-order chi connectivity index (χ1) is 6.58. The molecule has 1 amide bonds. The second-order valence-corrected chi connectivity index (χ2v) is 2.66. The molecule has 1 atom stereocenters. The summed E-state index contributed by atoms with van der Waals surface area (Å²) >= 11 is 0. The number of ether oxygens (including phenoxy) is 1. The highest BCUT2D eigenvalue weighted by atomic mass is 19.1. The highest BCUT2D eigenvalue weighted by Gasteiger charge is 2.34. The van der Waals surface area contributed by atoms with E-state index < -0.39 is 29.8 Å². The van der Waals surface area contributed by atoms with E-state index in [0.29, 0.717) is 6.08 Å². The summed E-state index contributed by atoms with van der Waals surface area (Å²) in [5, 5.41) is 0. The standard InChI is InChI=1S/C8H3F2NO3/c9-3-1-4-6(5(10)2-3)11-8(13)14-7(4)12/h1-2,5H. The number of halogens is 2. The molecule has 4 nitrogen and oxygen atoms in total. The quantitative estimate of drug-likeness (QED) is 0.435. The Labute approximate surface area is 76.6 Å². The van der Waals surface area contributed by atoms with Crippen molar-refractivity contribution in [2.45, 2.75) is 6.17 Å². The Morgan fingerprint density at radius 1 is 1.43 bits per heavy atom. The number of aliphatic imine (C=N–C) groups is 1. The van der Waals surface area contributed by atoms with Crippen LogP contribution in [0, 0.1) is 0 Å². The smallest absolute Gasteiger partial charge is 0.371 e. The highest BCUT2D eigenvalue weighted by molar-refractivity contribution is 6.28. The lowest BCUT2D eigenvalue weighted by molar-refractivity contribution is -0.132. The number of cyclic esters (lactones) is 2. The Hall–Kier alpha value is -1.85. The van der Waals surface area contributed by atoms with Crippen LogP contribution < -0.4 is 0 Å². The van der Waals surface area contributed by atoms with Crippen molar-refractivity contribution >= 4 is 17.8 Å². The number of carbonyl (C=O) groups is 2. The fourth-order valence-electron chi connectivity index (χ4n) is 1.17. The molecule has 1 aliphatic heterocycles. The van der Waals surface area contributed by atoms with Gasteiger partial charge in [0.2, 0.25) is 0 Å². The average molecular weight is 199 g/mol. The minimum Gasteiger partial charge on any atom is -0.371 e. The fourth-order valence-corrected chi connectivity index (χ4v) is 1.17. The van der Waals surface area contributed by atoms with Crippen molar-refractivity contribution in [1.82, 2.24) is 0 Å². The van der Waals surface area contributed by atoms with Gasteiger partial charge in [0.1, 0.15) is 11.5 Å². The van der Waals surface area contributed by atoms with Gasteiger partial charge < -0.3 is 4.74 Å². The van der Waals surface area contributed by atoms with Crippen molar-refractivity contribution in [2.75, 3.05) is 0 Å². The van der Waals surface area contributed by atoms with Gasteiger partial charge in [-0.3, -0.25) is 0 Å². The summed E-state index contributed by atoms with van der Waals surface area (Å²) in [6.45, 7) is 0. The van der Waals surface area contributed by atoms with Crippen LogP contribution >= 0.6 is 0 Å². The molecule has 2 aliphatic rings. The van der Waals surface area contributed by atoms with E-state index >= 15 is 0 Å². The van der Waals surface area contributed by atoms with E-state index in [1.807, 2.05) is 0 Å². The molecule has 72 valence electrons. The first-order valence-corrected chi connectivity index (χ1v) is 3.66. The van der Waals surface area contributed by atoms with Gasteiger partial charge in [-0.2, -0.15) is 4.99 Å². The van der Waals surface area contributed by atoms with Gasteiger partial charge in [-0.15, -0.1) is 0 Å². The van der Waals surface area contributed by atoms with Crippen LogP contribution in [0.15, 0.2) is 28.5 Å². The third-order valence-electron chi connectivity index (χ3n) is 1.74. The van der Waals surface area contributed by atoms with Crippen molar-refractivity contribution in [3.8, 4) is 0 Å². The number of esters is 1. The van der Waals surface area contributed by atoms with Crippen LogP contribution in [0.1, 0.15) is 0 Å². The van der Waals surface area contributed by atoms with Gasteiger partial charge in [0.05, 0.1) is 5.57 Å². The molecule has 0 fully saturated rings. The van der Waals surface area contributed by atoms with Crippen LogP contribution in [-0.2, 0) is 9.53 Å². The number of nitrogens with zero attached hydrogens (tertiary/aromatic N) is 1. The fraction of sp³-hybridized carbons (Fsp3) is 0.125. The molecule has 0 saturated heterocycles. The van der Waals surface area contributed by atoms with Crippen molar-refractivity contribution in [2.24, 2.45) is 4.99 Å². The largest absolute Gasteiger partial charge is 0.441 e. The summed E-state index contributed by atoms with van der Waals surface area (Å²) in [4.78, 5) is 24.7. The Morgan fingerprint density at radius 3 is 2.86 bits per heavy atom. The van der Waals surface area contributed by atoms with Gasteiger partial charge in [0.15, 0.2) is 6.17 Å². The summed E-state index contributed by atoms with van der Waals surface area (Å²) in [5.74, 6) is -1.97. The second kappa shape index (κ2) is 2.83. The average Bonchev–Trinajstić information content (AvgIpc) is 2.07. The lowest BCUT2D eigenvalue weighted by Crippen LogP contribution is -2.32. The molecule has 0 aromatic rings. The molecule has 0 aromatic carbocycles. The predicted molar refractivity (Wildman–Crippen MR) is 41.1 cm³/mol. The minimum absolute atomic E-state index is 0.350. The Kier molecular flexibility index (Phi) is 1.77. The molecule has 0 bridgehead atoms. The number of hydrogen-bond donors (Lipinski definition) is 0. The zero-order chi connectivity index (χ0) is 10.3. The number of hydrogen-bond acceptors (Lipinski definition) is 3. The third-order valence-corrected chi connectivity index (χ3v) is 1.74. The number of alkyl halides is 1. The molecule has 2 rings (SSSR count). The summed E-state index contributed by atoms with van der Waals surface area (Å²) < 4.78 is 29.8. The molecular formula is C8H3F2NO3. The van der Waals surface area contributed by atoms with E-state index in [0.717, 1.165) is 6.08 Å². The van der Waals surface area contributed by atoms with Gasteiger partial charge in [0, 0.05) is 0 Å². The highest BCUT2D eigenvalue weighted by Crippen LogP contribution is 2.23. The maximum absolute atomic E-state index is 13.1. The normalized spacial score (nSPS) is 25.9. The van der Waals surface area contributed by atoms with Crippen molar-refractivity contribution in [1.29, 1.82) is 0 Å². The molecule has 6 heteroatoms. The molecule has 1 unspecified atom stereocenters. The predicted octanol–water partition coefficient (Wildman–Crippen LogP) is 1.24. The van der Waals surface area contributed by atoms with Gasteiger partial charge in [0.25, 0.3) is 0 Å². The summed E-state index contributed by atoms with van der Waals surface area (Å²) in [6.07, 6.45) is -1.66. The van der Waals surface area contributed by atoms with E-state index in [4.69, 9.17) is 0 Å². The number of rotatable bonds is 0. The van der Waals surface area contributed by atoms with E-state index in [1.54, 1.807) is 0 Å². The SMILES string of the molecule is O=C1N=C2C(=CC(F)=CC2F)C(=O)O1. The van der Waals surface area contributed by atoms with E-state index in [-0.39, 0.29) is 5.57 Å². The number of fused-ring (bicyclic) bond motifs is 1. The van der Waals surface area contributed by atoms with Crippen molar-refractivity contribution in [3.05, 3.63) is 23.6 Å². The summed E-state index contributed by atoms with van der Waals surface area (Å²) in [6, 6.07) is 0. The molecule has 0 spiro atoms. The Bertz CT molecular complexity index is 422. The van der Waals surface area contributed by atoms with Gasteiger partial charge >= 0.3 is 12.1 Å². The van der Waals surface area contributed by atoms with E-state index in [2.05, 4.69) is 9.73 Å². The zero-order valence-corrected chi connectivity index (χ0v) is 6.66. The second-order valence-electron chi connectivity index (χ2n) is 2.66. The van der Waals surface area contributed by atoms with Crippen LogP contribution in [0.3, 0.4) is 0 Å². The Balaban J connectivity index is 2.54. The topological polar surface area (TPSA) is 55.7 Å². The van der Waals surface area contributed by atoms with Crippen LogP contribution in [-0.4, -0.2) is 23.9 Å². The molecule has 0 saturated carbocycles. The summed E-state index contributed by atoms with van der Waals surface area (Å²) in [5.41, 5.74) is -0.746. The molecule has 0 N–H and O–H groups in total. The van der Waals surface area contributed by atoms with E-state index in [1.165, 1.54) is 0 Å². The molecular weight excluding hydrogens is 196 g/mol. The molecule has 14 heavy (non-hydrogen) atoms. The lowest BCUT2D eigenvalue weighted by Gasteiger charge is -2.17. The van der Waals surface area contributed by atoms with Crippen LogP contribution in [0.2, 0.25) is 0 Å². The number of amides is 1. The number of allylic oxidation sites excluding steroid dienone is 3. The van der Waals surface area contributed by atoms with Gasteiger partial charge in [-0.05, 0) is 12.2 Å². The van der Waals surface area contributed by atoms with Crippen LogP contribution in [0.5, 0.6) is 0 Å². The third kappa shape index (κ3) is 1.24. The lowest BCUT2D eigenvalue weighted by atomic mass is 10.00. The maximum atomic E-state index is 13.1. The van der Waals surface area contributed by atoms with Gasteiger partial charge in [-0.1, -0.05) is 0 Å². The molecule has 1 heterocycles.